The molecule has 0 aliphatic carbocycles. The summed E-state index contributed by atoms with van der Waals surface area (Å²) in [5.74, 6) is -1.41. The molecular formula is C19H19N2NaO5. The first kappa shape index (κ1) is 19.7. The van der Waals surface area contributed by atoms with Gasteiger partial charge >= 0.3 is 35.5 Å². The van der Waals surface area contributed by atoms with Crippen LogP contribution in [-0.4, -0.2) is 86.0 Å². The van der Waals surface area contributed by atoms with Gasteiger partial charge in [0.25, 0.3) is 5.91 Å². The Morgan fingerprint density at radius 3 is 2.44 bits per heavy atom. The summed E-state index contributed by atoms with van der Waals surface area (Å²) in [4.78, 5) is 39.0. The van der Waals surface area contributed by atoms with E-state index < -0.39 is 12.0 Å². The Bertz CT molecular complexity index is 877. The van der Waals surface area contributed by atoms with Crippen LogP contribution in [0, 0.1) is 5.92 Å². The second kappa shape index (κ2) is 7.14. The number of carboxylic acids is 1. The predicted molar refractivity (Wildman–Crippen MR) is 98.9 cm³/mol. The summed E-state index contributed by atoms with van der Waals surface area (Å²) in [6, 6.07) is 5.78. The van der Waals surface area contributed by atoms with Crippen LogP contribution in [0.3, 0.4) is 0 Å². The summed E-state index contributed by atoms with van der Waals surface area (Å²) >= 11 is 0. The number of aliphatic carboxylic acids is 1. The molecule has 2 N–H and O–H groups in total. The van der Waals surface area contributed by atoms with Gasteiger partial charge in [0, 0.05) is 19.4 Å². The fraction of sp³-hybridized carbons (Fsp3) is 0.316. The Morgan fingerprint density at radius 1 is 1.19 bits per heavy atom. The van der Waals surface area contributed by atoms with Crippen LogP contribution in [0.15, 0.2) is 41.6 Å². The number of likely N-dealkylation sites (tertiary alicyclic amines) is 1. The van der Waals surface area contributed by atoms with Crippen LogP contribution >= 0.6 is 0 Å². The SMILES string of the molecule is CC(=O)N1C[C@H]2CC(/C=C/c3ccc(O)cc3)=C(C(=O)O)N3C(=O)[C@@H]1[C@@H]23.[NaH]. The van der Waals surface area contributed by atoms with Gasteiger partial charge in [0.1, 0.15) is 17.5 Å². The molecule has 0 saturated carbocycles. The van der Waals surface area contributed by atoms with E-state index in [2.05, 4.69) is 0 Å². The molecule has 8 heteroatoms. The van der Waals surface area contributed by atoms with Crippen molar-refractivity contribution >= 4 is 53.4 Å². The number of β-lactam (4-membered cyclic amide) rings is 1. The molecule has 2 saturated heterocycles. The molecule has 3 aliphatic rings. The fourth-order valence-corrected chi connectivity index (χ4v) is 4.23. The Hall–Kier alpha value is -2.09. The molecule has 3 heterocycles. The molecule has 27 heavy (non-hydrogen) atoms. The first-order chi connectivity index (χ1) is 12.4. The number of carbonyl (C=O) groups excluding carboxylic acids is 2. The van der Waals surface area contributed by atoms with E-state index in [-0.39, 0.29) is 64.8 Å². The van der Waals surface area contributed by atoms with Gasteiger partial charge in [-0.05, 0) is 29.7 Å². The summed E-state index contributed by atoms with van der Waals surface area (Å²) in [6.07, 6.45) is 3.98. The van der Waals surface area contributed by atoms with E-state index in [0.717, 1.165) is 5.56 Å². The van der Waals surface area contributed by atoms with Gasteiger partial charge in [-0.15, -0.1) is 0 Å². The Kier molecular flexibility index (Phi) is 5.20. The standard InChI is InChI=1S/C19H18N2O5.Na.H/c1-10(22)20-9-13-8-12(5-2-11-3-6-14(23)7-4-11)16(19(25)26)21-15(13)17(20)18(21)24;;/h2-7,13,15,17,23H,8-9H2,1H3,(H,25,26);;/b5-2+;;/t13-,15-,17+;;/m1../s1. The van der Waals surface area contributed by atoms with Crippen LogP contribution in [-0.2, 0) is 14.4 Å². The van der Waals surface area contributed by atoms with Crippen molar-refractivity contribution in [2.45, 2.75) is 25.4 Å². The fourth-order valence-electron chi connectivity index (χ4n) is 4.23. The molecule has 2 amide bonds. The van der Waals surface area contributed by atoms with Crippen LogP contribution < -0.4 is 0 Å². The minimum atomic E-state index is -1.14. The number of aromatic hydroxyl groups is 1. The molecule has 3 atom stereocenters. The van der Waals surface area contributed by atoms with E-state index in [0.29, 0.717) is 18.5 Å². The number of allylic oxidation sites excluding steroid dienone is 2. The zero-order valence-corrected chi connectivity index (χ0v) is 14.1. The van der Waals surface area contributed by atoms with Crippen molar-refractivity contribution in [3.63, 3.8) is 0 Å². The maximum absolute atomic E-state index is 12.5. The number of benzene rings is 1. The molecule has 1 aromatic rings. The molecule has 136 valence electrons. The third-order valence-electron chi connectivity index (χ3n) is 5.37. The number of nitrogens with zero attached hydrogens (tertiary/aromatic N) is 2. The summed E-state index contributed by atoms with van der Waals surface area (Å²) in [5, 5.41) is 19.0. The Balaban J connectivity index is 0.00000210. The number of phenols is 1. The number of hydrogen-bond donors (Lipinski definition) is 2. The van der Waals surface area contributed by atoms with Crippen LogP contribution in [0.4, 0.5) is 0 Å². The normalized spacial score (nSPS) is 26.0. The number of phenolic OH excluding ortho intramolecular Hbond substituents is 1. The molecule has 0 radical (unpaired) electrons. The average molecular weight is 378 g/mol. The van der Waals surface area contributed by atoms with Crippen LogP contribution in [0.2, 0.25) is 0 Å². The quantitative estimate of drug-likeness (QED) is 0.592. The van der Waals surface area contributed by atoms with E-state index in [4.69, 9.17) is 0 Å². The van der Waals surface area contributed by atoms with E-state index >= 15 is 0 Å². The van der Waals surface area contributed by atoms with E-state index in [1.165, 1.54) is 11.8 Å². The molecule has 0 bridgehead atoms. The van der Waals surface area contributed by atoms with Crippen LogP contribution in [0.1, 0.15) is 18.9 Å². The van der Waals surface area contributed by atoms with Crippen molar-refractivity contribution in [3.05, 3.63) is 47.2 Å². The van der Waals surface area contributed by atoms with Gasteiger partial charge in [-0.25, -0.2) is 4.79 Å². The minimum absolute atomic E-state index is 0. The van der Waals surface area contributed by atoms with Crippen molar-refractivity contribution in [2.75, 3.05) is 6.54 Å². The monoisotopic (exact) mass is 378 g/mol. The summed E-state index contributed by atoms with van der Waals surface area (Å²) in [7, 11) is 0. The first-order valence-corrected chi connectivity index (χ1v) is 8.42. The predicted octanol–water partition coefficient (Wildman–Crippen LogP) is 0.557. The second-order valence-electron chi connectivity index (χ2n) is 6.88. The molecule has 3 aliphatic heterocycles. The number of amides is 2. The maximum atomic E-state index is 12.5. The molecule has 7 nitrogen and oxygen atoms in total. The molecule has 1 aromatic carbocycles. The van der Waals surface area contributed by atoms with Crippen LogP contribution in [0.5, 0.6) is 5.75 Å². The van der Waals surface area contributed by atoms with E-state index in [9.17, 15) is 24.6 Å². The average Bonchev–Trinajstić information content (AvgIpc) is 2.96. The number of carboxylic acid groups (broad SMARTS) is 1. The summed E-state index contributed by atoms with van der Waals surface area (Å²) < 4.78 is 0. The number of hydrogen-bond acceptors (Lipinski definition) is 4. The zero-order chi connectivity index (χ0) is 18.6. The zero-order valence-electron chi connectivity index (χ0n) is 14.1. The molecule has 0 unspecified atom stereocenters. The van der Waals surface area contributed by atoms with Gasteiger partial charge in [0.05, 0.1) is 6.04 Å². The van der Waals surface area contributed by atoms with Crippen molar-refractivity contribution < 1.29 is 24.6 Å². The van der Waals surface area contributed by atoms with Gasteiger partial charge in [-0.1, -0.05) is 24.3 Å². The third-order valence-corrected chi connectivity index (χ3v) is 5.37. The van der Waals surface area contributed by atoms with Crippen molar-refractivity contribution in [1.82, 2.24) is 9.80 Å². The molecule has 4 rings (SSSR count). The van der Waals surface area contributed by atoms with Crippen molar-refractivity contribution in [2.24, 2.45) is 5.92 Å². The Morgan fingerprint density at radius 2 is 1.85 bits per heavy atom. The molecule has 0 aromatic heterocycles. The van der Waals surface area contributed by atoms with E-state index in [1.807, 2.05) is 0 Å². The Labute approximate surface area is 178 Å². The van der Waals surface area contributed by atoms with Gasteiger partial charge in [-0.2, -0.15) is 0 Å². The van der Waals surface area contributed by atoms with Crippen molar-refractivity contribution in [1.29, 1.82) is 0 Å². The third kappa shape index (κ3) is 3.09. The molecule has 0 spiro atoms. The van der Waals surface area contributed by atoms with Gasteiger partial charge in [-0.3, -0.25) is 14.5 Å². The summed E-state index contributed by atoms with van der Waals surface area (Å²) in [5.41, 5.74) is 1.39. The molecule has 2 fully saturated rings. The van der Waals surface area contributed by atoms with Gasteiger partial charge in [0.15, 0.2) is 0 Å². The summed E-state index contributed by atoms with van der Waals surface area (Å²) in [6.45, 7) is 1.90. The van der Waals surface area contributed by atoms with Crippen LogP contribution in [0.25, 0.3) is 6.08 Å². The topological polar surface area (TPSA) is 98.2 Å². The van der Waals surface area contributed by atoms with Gasteiger partial charge in [0.2, 0.25) is 5.91 Å². The van der Waals surface area contributed by atoms with Crippen molar-refractivity contribution in [3.8, 4) is 5.75 Å². The molecular weight excluding hydrogens is 359 g/mol. The number of carbonyl (C=O) groups is 3. The van der Waals surface area contributed by atoms with Gasteiger partial charge < -0.3 is 15.1 Å². The number of rotatable bonds is 3. The van der Waals surface area contributed by atoms with E-state index in [1.54, 1.807) is 41.3 Å². The second-order valence-corrected chi connectivity index (χ2v) is 6.88. The first-order valence-electron chi connectivity index (χ1n) is 8.42.